The normalized spacial score (nSPS) is 10.6. The number of Topliss-reactive ketones (excluding diaryl/α,β-unsaturated/α-hetero) is 2. The number of phenols is 1. The molecule has 1 aromatic heterocycles. The second-order valence-corrected chi connectivity index (χ2v) is 3.60. The van der Waals surface area contributed by atoms with Gasteiger partial charge in [-0.05, 0) is 26.0 Å². The molecule has 2 rings (SSSR count). The molecule has 2 aromatic rings. The summed E-state index contributed by atoms with van der Waals surface area (Å²) < 4.78 is 5.08. The number of carbonyl (C=O) groups excluding carboxylic acids is 2. The number of furan rings is 1. The third-order valence-corrected chi connectivity index (χ3v) is 2.47. The summed E-state index contributed by atoms with van der Waals surface area (Å²) in [5.41, 5.74) is 0.664. The van der Waals surface area contributed by atoms with Gasteiger partial charge in [0.25, 0.3) is 0 Å². The number of phenolic OH excluding ortho intramolecular Hbond substituents is 1. The molecule has 0 bridgehead atoms. The Balaban J connectivity index is 2.90. The molecule has 0 spiro atoms. The van der Waals surface area contributed by atoms with Crippen LogP contribution < -0.4 is 0 Å². The first kappa shape index (κ1) is 10.4. The number of aromatic hydroxyl groups is 1. The monoisotopic (exact) mass is 218 g/mol. The molecule has 0 saturated heterocycles. The van der Waals surface area contributed by atoms with E-state index in [9.17, 15) is 14.7 Å². The first-order valence-corrected chi connectivity index (χ1v) is 4.77. The van der Waals surface area contributed by atoms with E-state index in [-0.39, 0.29) is 28.5 Å². The Hall–Kier alpha value is -2.10. The predicted molar refractivity (Wildman–Crippen MR) is 57.9 cm³/mol. The summed E-state index contributed by atoms with van der Waals surface area (Å²) in [6.07, 6.45) is 1.38. The first-order chi connectivity index (χ1) is 7.52. The molecule has 0 aliphatic carbocycles. The summed E-state index contributed by atoms with van der Waals surface area (Å²) in [5, 5.41) is 10.3. The molecule has 4 heteroatoms. The van der Waals surface area contributed by atoms with Gasteiger partial charge in [-0.15, -0.1) is 0 Å². The van der Waals surface area contributed by atoms with E-state index in [2.05, 4.69) is 0 Å². The summed E-state index contributed by atoms with van der Waals surface area (Å²) in [4.78, 5) is 22.7. The van der Waals surface area contributed by atoms with Crippen LogP contribution in [0.15, 0.2) is 22.8 Å². The molecule has 1 N–H and O–H groups in total. The van der Waals surface area contributed by atoms with E-state index in [1.807, 2.05) is 0 Å². The van der Waals surface area contributed by atoms with Crippen LogP contribution in [0.25, 0.3) is 11.0 Å². The minimum Gasteiger partial charge on any atom is -0.504 e. The number of fused-ring (bicyclic) bond motifs is 1. The van der Waals surface area contributed by atoms with Crippen LogP contribution in [0.1, 0.15) is 34.6 Å². The van der Waals surface area contributed by atoms with Crippen LogP contribution in [0.4, 0.5) is 0 Å². The molecule has 1 aromatic carbocycles. The van der Waals surface area contributed by atoms with Crippen LogP contribution in [0.2, 0.25) is 0 Å². The molecule has 16 heavy (non-hydrogen) atoms. The zero-order chi connectivity index (χ0) is 11.9. The standard InChI is InChI=1S/C12H10O4/c1-6(13)9-5-10(7(2)14)11(15)12-8(9)3-4-16-12/h3-5,15H,1-2H3. The van der Waals surface area contributed by atoms with Crippen LogP contribution >= 0.6 is 0 Å². The highest BCUT2D eigenvalue weighted by molar-refractivity contribution is 6.12. The Morgan fingerprint density at radius 1 is 1.19 bits per heavy atom. The van der Waals surface area contributed by atoms with Gasteiger partial charge < -0.3 is 9.52 Å². The lowest BCUT2D eigenvalue weighted by Crippen LogP contribution is -1.99. The second kappa shape index (κ2) is 3.48. The van der Waals surface area contributed by atoms with Gasteiger partial charge in [0.2, 0.25) is 0 Å². The molecule has 0 saturated carbocycles. The van der Waals surface area contributed by atoms with Crippen molar-refractivity contribution >= 4 is 22.5 Å². The van der Waals surface area contributed by atoms with Gasteiger partial charge in [0.1, 0.15) is 0 Å². The Labute approximate surface area is 91.5 Å². The summed E-state index contributed by atoms with van der Waals surface area (Å²) in [6, 6.07) is 2.99. The molecule has 82 valence electrons. The van der Waals surface area contributed by atoms with E-state index >= 15 is 0 Å². The third kappa shape index (κ3) is 1.39. The molecule has 0 atom stereocenters. The Morgan fingerprint density at radius 3 is 2.38 bits per heavy atom. The van der Waals surface area contributed by atoms with Crippen LogP contribution in [0.5, 0.6) is 5.75 Å². The fourth-order valence-corrected chi connectivity index (χ4v) is 1.68. The molecular weight excluding hydrogens is 208 g/mol. The Bertz CT molecular complexity index is 592. The topological polar surface area (TPSA) is 67.5 Å². The van der Waals surface area contributed by atoms with Crippen LogP contribution in [0.3, 0.4) is 0 Å². The molecule has 0 aliphatic rings. The smallest absolute Gasteiger partial charge is 0.176 e. The molecule has 4 nitrogen and oxygen atoms in total. The Kier molecular flexibility index (Phi) is 2.27. The van der Waals surface area contributed by atoms with Crippen molar-refractivity contribution in [2.24, 2.45) is 0 Å². The van der Waals surface area contributed by atoms with Gasteiger partial charge in [-0.1, -0.05) is 0 Å². The van der Waals surface area contributed by atoms with Crippen molar-refractivity contribution in [3.8, 4) is 5.75 Å². The van der Waals surface area contributed by atoms with Gasteiger partial charge in [-0.3, -0.25) is 9.59 Å². The lowest BCUT2D eigenvalue weighted by molar-refractivity contribution is 0.101. The maximum absolute atomic E-state index is 11.4. The van der Waals surface area contributed by atoms with Crippen molar-refractivity contribution in [2.45, 2.75) is 13.8 Å². The van der Waals surface area contributed by atoms with E-state index in [4.69, 9.17) is 4.42 Å². The minimum atomic E-state index is -0.307. The van der Waals surface area contributed by atoms with Crippen molar-refractivity contribution in [1.82, 2.24) is 0 Å². The number of hydrogen-bond acceptors (Lipinski definition) is 4. The maximum atomic E-state index is 11.4. The number of ketones is 2. The van der Waals surface area contributed by atoms with Gasteiger partial charge in [0, 0.05) is 10.9 Å². The number of carbonyl (C=O) groups is 2. The SMILES string of the molecule is CC(=O)c1cc(C(C)=O)c2ccoc2c1O. The quantitative estimate of drug-likeness (QED) is 0.786. The summed E-state index contributed by atoms with van der Waals surface area (Å²) in [6.45, 7) is 2.73. The zero-order valence-corrected chi connectivity index (χ0v) is 8.90. The summed E-state index contributed by atoms with van der Waals surface area (Å²) in [5.74, 6) is -0.690. The number of rotatable bonds is 2. The first-order valence-electron chi connectivity index (χ1n) is 4.77. The molecular formula is C12H10O4. The van der Waals surface area contributed by atoms with Crippen molar-refractivity contribution in [3.63, 3.8) is 0 Å². The predicted octanol–water partition coefficient (Wildman–Crippen LogP) is 2.54. The van der Waals surface area contributed by atoms with E-state index < -0.39 is 0 Å². The van der Waals surface area contributed by atoms with Crippen LogP contribution in [0, 0.1) is 0 Å². The molecule has 0 aliphatic heterocycles. The number of benzene rings is 1. The van der Waals surface area contributed by atoms with Crippen LogP contribution in [-0.4, -0.2) is 16.7 Å². The van der Waals surface area contributed by atoms with Crippen LogP contribution in [-0.2, 0) is 0 Å². The van der Waals surface area contributed by atoms with E-state index in [1.54, 1.807) is 6.07 Å². The van der Waals surface area contributed by atoms with Crippen molar-refractivity contribution in [1.29, 1.82) is 0 Å². The maximum Gasteiger partial charge on any atom is 0.176 e. The average Bonchev–Trinajstić information content (AvgIpc) is 2.66. The third-order valence-electron chi connectivity index (χ3n) is 2.47. The molecule has 0 fully saturated rings. The van der Waals surface area contributed by atoms with Gasteiger partial charge in [-0.25, -0.2) is 0 Å². The zero-order valence-electron chi connectivity index (χ0n) is 8.90. The van der Waals surface area contributed by atoms with Crippen molar-refractivity contribution in [3.05, 3.63) is 29.5 Å². The lowest BCUT2D eigenvalue weighted by atomic mass is 10.0. The number of hydrogen-bond donors (Lipinski definition) is 1. The summed E-state index contributed by atoms with van der Waals surface area (Å²) in [7, 11) is 0. The highest BCUT2D eigenvalue weighted by Gasteiger charge is 2.18. The second-order valence-electron chi connectivity index (χ2n) is 3.60. The average molecular weight is 218 g/mol. The minimum absolute atomic E-state index is 0.104. The van der Waals surface area contributed by atoms with Crippen molar-refractivity contribution in [2.75, 3.05) is 0 Å². The Morgan fingerprint density at radius 2 is 1.81 bits per heavy atom. The van der Waals surface area contributed by atoms with Gasteiger partial charge >= 0.3 is 0 Å². The van der Waals surface area contributed by atoms with Gasteiger partial charge in [-0.2, -0.15) is 0 Å². The highest BCUT2D eigenvalue weighted by Crippen LogP contribution is 2.33. The molecule has 0 amide bonds. The van der Waals surface area contributed by atoms with E-state index in [0.29, 0.717) is 10.9 Å². The van der Waals surface area contributed by atoms with E-state index in [1.165, 1.54) is 26.2 Å². The fourth-order valence-electron chi connectivity index (χ4n) is 1.68. The highest BCUT2D eigenvalue weighted by atomic mass is 16.3. The van der Waals surface area contributed by atoms with Gasteiger partial charge in [0.15, 0.2) is 22.9 Å². The molecule has 1 heterocycles. The van der Waals surface area contributed by atoms with E-state index in [0.717, 1.165) is 0 Å². The molecule has 0 radical (unpaired) electrons. The molecule has 0 unspecified atom stereocenters. The largest absolute Gasteiger partial charge is 0.504 e. The van der Waals surface area contributed by atoms with Gasteiger partial charge in [0.05, 0.1) is 11.8 Å². The summed E-state index contributed by atoms with van der Waals surface area (Å²) >= 11 is 0. The van der Waals surface area contributed by atoms with Crippen molar-refractivity contribution < 1.29 is 19.1 Å². The fraction of sp³-hybridized carbons (Fsp3) is 0.167. The lowest BCUT2D eigenvalue weighted by Gasteiger charge is -2.04.